The maximum atomic E-state index is 12.3. The van der Waals surface area contributed by atoms with Crippen molar-refractivity contribution in [3.8, 4) is 0 Å². The molecule has 0 unspecified atom stereocenters. The van der Waals surface area contributed by atoms with Crippen LogP contribution in [-0.4, -0.2) is 13.7 Å². The zero-order valence-electron chi connectivity index (χ0n) is 11.8. The summed E-state index contributed by atoms with van der Waals surface area (Å²) in [6, 6.07) is 8.08. The van der Waals surface area contributed by atoms with Crippen LogP contribution in [-0.2, 0) is 6.54 Å². The second kappa shape index (κ2) is 4.90. The lowest BCUT2D eigenvalue weighted by Crippen LogP contribution is -2.13. The predicted molar refractivity (Wildman–Crippen MR) is 82.5 cm³/mol. The highest BCUT2D eigenvalue weighted by Gasteiger charge is 2.11. The number of aryl methyl sites for hydroxylation is 1. The minimum Gasteiger partial charge on any atom is -0.270 e. The van der Waals surface area contributed by atoms with Crippen molar-refractivity contribution in [3.05, 3.63) is 52.1 Å². The summed E-state index contributed by atoms with van der Waals surface area (Å²) in [5.41, 5.74) is 2.18. The Kier molecular flexibility index (Phi) is 3.22. The van der Waals surface area contributed by atoms with Gasteiger partial charge in [-0.25, -0.2) is 0 Å². The molecule has 2 heterocycles. The summed E-state index contributed by atoms with van der Waals surface area (Å²) in [5, 5.41) is 5.29. The molecule has 3 aromatic rings. The summed E-state index contributed by atoms with van der Waals surface area (Å²) in [7, 11) is 0. The highest BCUT2D eigenvalue weighted by Crippen LogP contribution is 2.18. The molecule has 3 rings (SSSR count). The minimum atomic E-state index is 0.0855. The first-order valence-corrected chi connectivity index (χ1v) is 7.47. The van der Waals surface area contributed by atoms with Gasteiger partial charge in [-0.15, -0.1) is 0 Å². The van der Waals surface area contributed by atoms with Crippen molar-refractivity contribution in [1.29, 1.82) is 0 Å². The smallest absolute Gasteiger partial charge is 0.268 e. The SMILES string of the molecule is Cc1nn(C(C)C)cc1Cn1sc2ccccc2c1=O. The zero-order valence-corrected chi connectivity index (χ0v) is 12.6. The number of fused-ring (bicyclic) bond motifs is 1. The van der Waals surface area contributed by atoms with E-state index in [9.17, 15) is 4.79 Å². The molecule has 0 bridgehead atoms. The van der Waals surface area contributed by atoms with Crippen molar-refractivity contribution in [2.75, 3.05) is 0 Å². The van der Waals surface area contributed by atoms with Crippen LogP contribution in [0.4, 0.5) is 0 Å². The van der Waals surface area contributed by atoms with Gasteiger partial charge in [0.05, 0.1) is 22.3 Å². The molecule has 0 atom stereocenters. The van der Waals surface area contributed by atoms with E-state index < -0.39 is 0 Å². The highest BCUT2D eigenvalue weighted by atomic mass is 32.1. The topological polar surface area (TPSA) is 39.8 Å². The standard InChI is InChI=1S/C15H17N3OS/c1-10(2)17-8-12(11(3)16-17)9-18-15(19)13-6-4-5-7-14(13)20-18/h4-8,10H,9H2,1-3H3. The van der Waals surface area contributed by atoms with E-state index in [0.717, 1.165) is 21.3 Å². The summed E-state index contributed by atoms with van der Waals surface area (Å²) < 4.78 is 4.79. The van der Waals surface area contributed by atoms with Crippen LogP contribution in [0, 0.1) is 6.92 Å². The van der Waals surface area contributed by atoms with Gasteiger partial charge >= 0.3 is 0 Å². The van der Waals surface area contributed by atoms with Gasteiger partial charge in [0.25, 0.3) is 5.56 Å². The molecular weight excluding hydrogens is 270 g/mol. The third-order valence-corrected chi connectivity index (χ3v) is 4.48. The molecule has 5 heteroatoms. The van der Waals surface area contributed by atoms with Crippen LogP contribution >= 0.6 is 11.5 Å². The number of hydrogen-bond acceptors (Lipinski definition) is 3. The van der Waals surface area contributed by atoms with Crippen molar-refractivity contribution in [2.45, 2.75) is 33.4 Å². The molecule has 0 aliphatic carbocycles. The summed E-state index contributed by atoms with van der Waals surface area (Å²) in [5.74, 6) is 0. The molecule has 0 amide bonds. The molecule has 0 N–H and O–H groups in total. The first-order valence-electron chi connectivity index (χ1n) is 6.69. The molecule has 0 spiro atoms. The minimum absolute atomic E-state index is 0.0855. The molecule has 0 radical (unpaired) electrons. The van der Waals surface area contributed by atoms with E-state index in [1.165, 1.54) is 11.5 Å². The number of aromatic nitrogens is 3. The van der Waals surface area contributed by atoms with Gasteiger partial charge < -0.3 is 0 Å². The van der Waals surface area contributed by atoms with Crippen LogP contribution in [0.5, 0.6) is 0 Å². The van der Waals surface area contributed by atoms with Gasteiger partial charge in [0.1, 0.15) is 0 Å². The Bertz CT molecular complexity index is 810. The van der Waals surface area contributed by atoms with Gasteiger partial charge in [-0.05, 0) is 32.9 Å². The highest BCUT2D eigenvalue weighted by molar-refractivity contribution is 7.13. The van der Waals surface area contributed by atoms with Gasteiger partial charge in [0.2, 0.25) is 0 Å². The molecule has 0 saturated heterocycles. The summed E-state index contributed by atoms with van der Waals surface area (Å²) in [6.07, 6.45) is 2.04. The van der Waals surface area contributed by atoms with E-state index in [1.54, 1.807) is 3.96 Å². The fourth-order valence-electron chi connectivity index (χ4n) is 2.22. The first kappa shape index (κ1) is 13.1. The van der Waals surface area contributed by atoms with Crippen molar-refractivity contribution in [2.24, 2.45) is 0 Å². The summed E-state index contributed by atoms with van der Waals surface area (Å²) in [4.78, 5) is 12.3. The van der Waals surface area contributed by atoms with Gasteiger partial charge in [0.15, 0.2) is 0 Å². The Balaban J connectivity index is 2.01. The summed E-state index contributed by atoms with van der Waals surface area (Å²) >= 11 is 1.51. The molecule has 0 aliphatic heterocycles. The fourth-order valence-corrected chi connectivity index (χ4v) is 3.23. The second-order valence-corrected chi connectivity index (χ2v) is 6.31. The van der Waals surface area contributed by atoms with E-state index in [0.29, 0.717) is 12.6 Å². The predicted octanol–water partition coefficient (Wildman–Crippen LogP) is 3.20. The fraction of sp³-hybridized carbons (Fsp3) is 0.333. The largest absolute Gasteiger partial charge is 0.270 e. The van der Waals surface area contributed by atoms with E-state index in [1.807, 2.05) is 42.1 Å². The van der Waals surface area contributed by atoms with E-state index in [2.05, 4.69) is 18.9 Å². The number of nitrogens with zero attached hydrogens (tertiary/aromatic N) is 3. The quantitative estimate of drug-likeness (QED) is 0.742. The van der Waals surface area contributed by atoms with Crippen molar-refractivity contribution < 1.29 is 0 Å². The molecule has 1 aromatic carbocycles. The Hall–Kier alpha value is -1.88. The van der Waals surface area contributed by atoms with Crippen molar-refractivity contribution >= 4 is 21.6 Å². The maximum Gasteiger partial charge on any atom is 0.268 e. The lowest BCUT2D eigenvalue weighted by molar-refractivity contribution is 0.529. The third kappa shape index (κ3) is 2.18. The molecule has 20 heavy (non-hydrogen) atoms. The Labute approximate surface area is 121 Å². The van der Waals surface area contributed by atoms with E-state index in [4.69, 9.17) is 0 Å². The first-order chi connectivity index (χ1) is 9.56. The average molecular weight is 287 g/mol. The van der Waals surface area contributed by atoms with Gasteiger partial charge in [-0.1, -0.05) is 23.7 Å². The monoisotopic (exact) mass is 287 g/mol. The number of rotatable bonds is 3. The summed E-state index contributed by atoms with van der Waals surface area (Å²) in [6.45, 7) is 6.78. The second-order valence-electron chi connectivity index (χ2n) is 5.24. The average Bonchev–Trinajstić information content (AvgIpc) is 2.93. The maximum absolute atomic E-state index is 12.3. The van der Waals surface area contributed by atoms with Crippen molar-refractivity contribution in [1.82, 2.24) is 13.7 Å². The molecule has 0 aliphatic rings. The van der Waals surface area contributed by atoms with Crippen LogP contribution in [0.2, 0.25) is 0 Å². The van der Waals surface area contributed by atoms with Crippen LogP contribution in [0.1, 0.15) is 31.1 Å². The van der Waals surface area contributed by atoms with Gasteiger partial charge in [-0.2, -0.15) is 5.10 Å². The molecular formula is C15H17N3OS. The van der Waals surface area contributed by atoms with Crippen LogP contribution < -0.4 is 5.56 Å². The Morgan fingerprint density at radius 3 is 2.70 bits per heavy atom. The van der Waals surface area contributed by atoms with Crippen LogP contribution in [0.15, 0.2) is 35.3 Å². The molecule has 4 nitrogen and oxygen atoms in total. The Morgan fingerprint density at radius 1 is 1.30 bits per heavy atom. The normalized spacial score (nSPS) is 11.6. The number of benzene rings is 1. The van der Waals surface area contributed by atoms with Crippen LogP contribution in [0.3, 0.4) is 0 Å². The number of hydrogen-bond donors (Lipinski definition) is 0. The molecule has 2 aromatic heterocycles. The van der Waals surface area contributed by atoms with Gasteiger partial charge in [0, 0.05) is 17.8 Å². The van der Waals surface area contributed by atoms with E-state index in [-0.39, 0.29) is 5.56 Å². The molecule has 0 saturated carbocycles. The lowest BCUT2D eigenvalue weighted by Gasteiger charge is -2.03. The lowest BCUT2D eigenvalue weighted by atomic mass is 10.2. The van der Waals surface area contributed by atoms with Crippen LogP contribution in [0.25, 0.3) is 10.1 Å². The van der Waals surface area contributed by atoms with Crippen molar-refractivity contribution in [3.63, 3.8) is 0 Å². The Morgan fingerprint density at radius 2 is 2.05 bits per heavy atom. The third-order valence-electron chi connectivity index (χ3n) is 3.41. The zero-order chi connectivity index (χ0) is 14.3. The van der Waals surface area contributed by atoms with Gasteiger partial charge in [-0.3, -0.25) is 13.4 Å². The molecule has 0 fully saturated rings. The van der Waals surface area contributed by atoms with E-state index >= 15 is 0 Å². The molecule has 104 valence electrons.